The molecule has 5 aromatic carbocycles. The van der Waals surface area contributed by atoms with Crippen LogP contribution in [0, 0.1) is 0 Å². The Morgan fingerprint density at radius 1 is 0.553 bits per heavy atom. The third-order valence-corrected chi connectivity index (χ3v) is 11.7. The molecule has 3 nitrogen and oxygen atoms in total. The summed E-state index contributed by atoms with van der Waals surface area (Å²) in [5.41, 5.74) is 2.27. The molecule has 0 atom stereocenters. The van der Waals surface area contributed by atoms with Crippen molar-refractivity contribution >= 4 is 52.3 Å². The van der Waals surface area contributed by atoms with Crippen LogP contribution in [0.3, 0.4) is 0 Å². The van der Waals surface area contributed by atoms with Crippen LogP contribution in [-0.2, 0) is 6.16 Å². The molecule has 0 N–H and O–H groups in total. The maximum Gasteiger partial charge on any atom is 0.266 e. The van der Waals surface area contributed by atoms with Gasteiger partial charge in [-0.05, 0) is 60.7 Å². The van der Waals surface area contributed by atoms with Gasteiger partial charge in [0.25, 0.3) is 11.8 Å². The van der Waals surface area contributed by atoms with E-state index in [4.69, 9.17) is 11.6 Å². The molecular weight excluding hydrogens is 509 g/mol. The van der Waals surface area contributed by atoms with Gasteiger partial charge >= 0.3 is 0 Å². The fourth-order valence-electron chi connectivity index (χ4n) is 5.31. The lowest BCUT2D eigenvalue weighted by atomic mass is 10.1. The molecule has 1 aliphatic heterocycles. The Kier molecular flexibility index (Phi) is 6.41. The molecule has 0 fully saturated rings. The van der Waals surface area contributed by atoms with Crippen LogP contribution in [0.25, 0.3) is 0 Å². The van der Waals surface area contributed by atoms with Gasteiger partial charge < -0.3 is 0 Å². The van der Waals surface area contributed by atoms with E-state index in [2.05, 4.69) is 72.8 Å². The summed E-state index contributed by atoms with van der Waals surface area (Å²) in [6.45, 7) is 0. The summed E-state index contributed by atoms with van der Waals surface area (Å²) in [4.78, 5) is 28.3. The maximum absolute atomic E-state index is 13.5. The molecule has 38 heavy (non-hydrogen) atoms. The molecule has 0 bridgehead atoms. The van der Waals surface area contributed by atoms with Gasteiger partial charge in [0.2, 0.25) is 0 Å². The first-order valence-electron chi connectivity index (χ1n) is 12.4. The molecule has 0 saturated carbocycles. The van der Waals surface area contributed by atoms with Gasteiger partial charge in [0.15, 0.2) is 0 Å². The second-order valence-corrected chi connectivity index (χ2v) is 13.2. The third-order valence-electron chi connectivity index (χ3n) is 7.08. The summed E-state index contributed by atoms with van der Waals surface area (Å²) in [5.74, 6) is -0.644. The number of nitrogens with zero attached hydrogens (tertiary/aromatic N) is 1. The first-order valence-corrected chi connectivity index (χ1v) is 14.8. The number of imide groups is 1. The maximum atomic E-state index is 13.5. The van der Waals surface area contributed by atoms with Gasteiger partial charge in [-0.3, -0.25) is 9.59 Å². The Morgan fingerprint density at radius 2 is 0.974 bits per heavy atom. The van der Waals surface area contributed by atoms with Crippen molar-refractivity contribution < 1.29 is 9.59 Å². The number of hydrogen-bond donors (Lipinski definition) is 0. The predicted molar refractivity (Wildman–Crippen MR) is 158 cm³/mol. The molecule has 5 aromatic rings. The number of halogens is 1. The Hall–Kier alpha value is -4.04. The summed E-state index contributed by atoms with van der Waals surface area (Å²) in [6.07, 6.45) is 0.616. The van der Waals surface area contributed by atoms with E-state index in [1.54, 1.807) is 30.3 Å². The van der Waals surface area contributed by atoms with Crippen LogP contribution in [0.15, 0.2) is 133 Å². The summed E-state index contributed by atoms with van der Waals surface area (Å²) in [7, 11) is -2.26. The van der Waals surface area contributed by atoms with Crippen LogP contribution < -0.4 is 20.8 Å². The molecule has 0 unspecified atom stereocenters. The van der Waals surface area contributed by atoms with Crippen molar-refractivity contribution in [3.63, 3.8) is 0 Å². The minimum atomic E-state index is -2.26. The second kappa shape index (κ2) is 10.0. The first-order chi connectivity index (χ1) is 18.6. The average Bonchev–Trinajstić information content (AvgIpc) is 3.23. The SMILES string of the molecule is O=C1c2ccccc2C(=O)N1c1cc(Cl)ccc1C[P+](c1ccccc1)(c1ccccc1)c1ccccc1. The predicted octanol–water partition coefficient (Wildman–Crippen LogP) is 6.63. The highest BCUT2D eigenvalue weighted by Gasteiger charge is 2.47. The zero-order valence-corrected chi connectivity index (χ0v) is 22.1. The van der Waals surface area contributed by atoms with Gasteiger partial charge in [0.1, 0.15) is 29.3 Å². The molecule has 0 saturated heterocycles. The zero-order chi connectivity index (χ0) is 26.1. The molecule has 0 radical (unpaired) electrons. The summed E-state index contributed by atoms with van der Waals surface area (Å²) < 4.78 is 0. The van der Waals surface area contributed by atoms with Crippen molar-refractivity contribution in [2.24, 2.45) is 0 Å². The Morgan fingerprint density at radius 3 is 1.42 bits per heavy atom. The molecular formula is C33H24ClNO2P+. The minimum Gasteiger partial charge on any atom is -0.268 e. The fraction of sp³-hybridized carbons (Fsp3) is 0.0303. The largest absolute Gasteiger partial charge is 0.268 e. The highest BCUT2D eigenvalue weighted by Crippen LogP contribution is 2.59. The highest BCUT2D eigenvalue weighted by atomic mass is 35.5. The van der Waals surface area contributed by atoms with Gasteiger partial charge in [-0.2, -0.15) is 0 Å². The topological polar surface area (TPSA) is 37.4 Å². The number of benzene rings is 5. The zero-order valence-electron chi connectivity index (χ0n) is 20.5. The van der Waals surface area contributed by atoms with Gasteiger partial charge in [-0.25, -0.2) is 4.90 Å². The Labute approximate surface area is 227 Å². The number of amides is 2. The average molecular weight is 533 g/mol. The molecule has 0 aliphatic carbocycles. The number of carbonyl (C=O) groups is 2. The molecule has 6 rings (SSSR count). The molecule has 5 heteroatoms. The van der Waals surface area contributed by atoms with E-state index >= 15 is 0 Å². The lowest BCUT2D eigenvalue weighted by molar-refractivity contribution is 0.0926. The number of anilines is 1. The number of fused-ring (bicyclic) bond motifs is 1. The fourth-order valence-corrected chi connectivity index (χ4v) is 9.74. The van der Waals surface area contributed by atoms with E-state index in [1.165, 1.54) is 20.8 Å². The van der Waals surface area contributed by atoms with E-state index in [0.29, 0.717) is 28.0 Å². The van der Waals surface area contributed by atoms with Crippen molar-refractivity contribution in [3.8, 4) is 0 Å². The van der Waals surface area contributed by atoms with Crippen LogP contribution in [0.4, 0.5) is 5.69 Å². The summed E-state index contributed by atoms with van der Waals surface area (Å²) in [6, 6.07) is 44.2. The number of carbonyl (C=O) groups excluding carboxylic acids is 2. The van der Waals surface area contributed by atoms with E-state index < -0.39 is 7.26 Å². The van der Waals surface area contributed by atoms with E-state index in [-0.39, 0.29) is 11.8 Å². The molecule has 1 heterocycles. The summed E-state index contributed by atoms with van der Waals surface area (Å²) >= 11 is 6.48. The lowest BCUT2D eigenvalue weighted by Crippen LogP contribution is -2.34. The van der Waals surface area contributed by atoms with Crippen LogP contribution in [0.1, 0.15) is 26.3 Å². The van der Waals surface area contributed by atoms with Gasteiger partial charge in [-0.1, -0.05) is 84.4 Å². The number of rotatable bonds is 6. The van der Waals surface area contributed by atoms with E-state index in [0.717, 1.165) is 5.56 Å². The van der Waals surface area contributed by atoms with Crippen molar-refractivity contribution in [1.82, 2.24) is 0 Å². The molecule has 184 valence electrons. The van der Waals surface area contributed by atoms with Gasteiger partial charge in [-0.15, -0.1) is 0 Å². The normalized spacial score (nSPS) is 13.0. The monoisotopic (exact) mass is 532 g/mol. The second-order valence-electron chi connectivity index (χ2n) is 9.24. The Balaban J connectivity index is 1.59. The lowest BCUT2D eigenvalue weighted by Gasteiger charge is -2.29. The molecule has 0 spiro atoms. The smallest absolute Gasteiger partial charge is 0.266 e. The number of hydrogen-bond acceptors (Lipinski definition) is 2. The van der Waals surface area contributed by atoms with Crippen LogP contribution >= 0.6 is 18.9 Å². The van der Waals surface area contributed by atoms with Crippen molar-refractivity contribution in [2.75, 3.05) is 4.90 Å². The van der Waals surface area contributed by atoms with Gasteiger partial charge in [0.05, 0.1) is 16.8 Å². The van der Waals surface area contributed by atoms with E-state index in [1.807, 2.05) is 30.3 Å². The molecule has 0 aromatic heterocycles. The quantitative estimate of drug-likeness (QED) is 0.182. The van der Waals surface area contributed by atoms with E-state index in [9.17, 15) is 9.59 Å². The van der Waals surface area contributed by atoms with Gasteiger partial charge in [0, 0.05) is 10.6 Å². The summed E-state index contributed by atoms with van der Waals surface area (Å²) in [5, 5.41) is 4.14. The van der Waals surface area contributed by atoms with Crippen LogP contribution in [0.5, 0.6) is 0 Å². The molecule has 1 aliphatic rings. The Bertz CT molecular complexity index is 1510. The highest BCUT2D eigenvalue weighted by molar-refractivity contribution is 7.95. The van der Waals surface area contributed by atoms with Crippen LogP contribution in [-0.4, -0.2) is 11.8 Å². The van der Waals surface area contributed by atoms with Crippen molar-refractivity contribution in [2.45, 2.75) is 6.16 Å². The van der Waals surface area contributed by atoms with Crippen molar-refractivity contribution in [1.29, 1.82) is 0 Å². The van der Waals surface area contributed by atoms with Crippen LogP contribution in [0.2, 0.25) is 5.02 Å². The third kappa shape index (κ3) is 4.05. The standard InChI is InChI=1S/C33H24ClNO2P/c34-25-21-20-24(31(22-25)35-32(36)29-18-10-11-19-30(29)33(35)37)23-38(26-12-4-1-5-13-26,27-14-6-2-7-15-27)28-16-8-3-9-17-28/h1-22H,23H2/q+1. The minimum absolute atomic E-state index is 0.322. The molecule has 2 amide bonds. The van der Waals surface area contributed by atoms with Crippen molar-refractivity contribution in [3.05, 3.63) is 155 Å². The first kappa shape index (κ1) is 24.3.